The van der Waals surface area contributed by atoms with E-state index in [2.05, 4.69) is 15.6 Å². The van der Waals surface area contributed by atoms with Gasteiger partial charge in [0.2, 0.25) is 5.91 Å². The van der Waals surface area contributed by atoms with Crippen molar-refractivity contribution in [3.8, 4) is 5.75 Å². The minimum Gasteiger partial charge on any atom is -0.488 e. The second kappa shape index (κ2) is 8.49. The van der Waals surface area contributed by atoms with Crippen LogP contribution in [-0.2, 0) is 11.3 Å². The lowest BCUT2D eigenvalue weighted by molar-refractivity contribution is -0.125. The van der Waals surface area contributed by atoms with Crippen molar-refractivity contribution in [1.82, 2.24) is 25.2 Å². The fourth-order valence-corrected chi connectivity index (χ4v) is 4.01. The van der Waals surface area contributed by atoms with E-state index >= 15 is 0 Å². The normalized spacial score (nSPS) is 20.3. The summed E-state index contributed by atoms with van der Waals surface area (Å²) in [6.45, 7) is 2.43. The molecule has 32 heavy (non-hydrogen) atoms. The van der Waals surface area contributed by atoms with Gasteiger partial charge in [0, 0.05) is 30.4 Å². The Labute approximate surface area is 185 Å². The van der Waals surface area contributed by atoms with E-state index in [-0.39, 0.29) is 29.7 Å². The number of aryl methyl sites for hydroxylation is 1. The summed E-state index contributed by atoms with van der Waals surface area (Å²) >= 11 is 0. The Bertz CT molecular complexity index is 1090. The molecule has 1 aliphatic heterocycles. The zero-order valence-corrected chi connectivity index (χ0v) is 17.8. The van der Waals surface area contributed by atoms with Crippen molar-refractivity contribution in [1.29, 1.82) is 0 Å². The molecule has 3 aromatic rings. The third-order valence-electron chi connectivity index (χ3n) is 5.86. The SMILES string of the molecule is Cc1onc(C(=O)N2C[C@@H](Oc3ccccc3)C[C@H]2C(=O)NC2CC2)c1Cn1cccn1. The fourth-order valence-electron chi connectivity index (χ4n) is 4.01. The molecule has 9 heteroatoms. The number of ether oxygens (including phenoxy) is 1. The average molecular weight is 435 g/mol. The maximum atomic E-state index is 13.6. The Hall–Kier alpha value is -3.62. The molecule has 1 N–H and O–H groups in total. The van der Waals surface area contributed by atoms with Gasteiger partial charge in [0.15, 0.2) is 5.69 Å². The van der Waals surface area contributed by atoms with E-state index in [0.717, 1.165) is 12.8 Å². The van der Waals surface area contributed by atoms with Gasteiger partial charge in [-0.25, -0.2) is 0 Å². The Morgan fingerprint density at radius 3 is 2.75 bits per heavy atom. The first-order chi connectivity index (χ1) is 15.6. The van der Waals surface area contributed by atoms with Gasteiger partial charge in [0.05, 0.1) is 13.1 Å². The third-order valence-corrected chi connectivity index (χ3v) is 5.86. The second-order valence-electron chi connectivity index (χ2n) is 8.31. The standard InChI is InChI=1S/C23H25N5O4/c1-15-19(14-27-11-5-10-24-27)21(26-32-15)23(30)28-13-18(31-17-6-3-2-4-7-17)12-20(28)22(29)25-16-8-9-16/h2-7,10-11,16,18,20H,8-9,12-14H2,1H3,(H,25,29)/t18-,20-/m0/s1. The van der Waals surface area contributed by atoms with Gasteiger partial charge in [-0.15, -0.1) is 0 Å². The van der Waals surface area contributed by atoms with E-state index in [1.165, 1.54) is 0 Å². The van der Waals surface area contributed by atoms with Gasteiger partial charge < -0.3 is 19.5 Å². The molecule has 5 rings (SSSR count). The molecule has 9 nitrogen and oxygen atoms in total. The number of hydrogen-bond acceptors (Lipinski definition) is 6. The van der Waals surface area contributed by atoms with E-state index in [0.29, 0.717) is 36.6 Å². The number of para-hydroxylation sites is 1. The van der Waals surface area contributed by atoms with Gasteiger partial charge >= 0.3 is 0 Å². The summed E-state index contributed by atoms with van der Waals surface area (Å²) in [4.78, 5) is 28.1. The van der Waals surface area contributed by atoms with Crippen molar-refractivity contribution in [3.63, 3.8) is 0 Å². The minimum absolute atomic E-state index is 0.145. The molecule has 2 aliphatic rings. The summed E-state index contributed by atoms with van der Waals surface area (Å²) in [5.41, 5.74) is 0.870. The minimum atomic E-state index is -0.619. The number of hydrogen-bond donors (Lipinski definition) is 1. The highest BCUT2D eigenvalue weighted by Crippen LogP contribution is 2.28. The number of carbonyl (C=O) groups excluding carboxylic acids is 2. The molecule has 3 heterocycles. The van der Waals surface area contributed by atoms with Crippen LogP contribution in [0.25, 0.3) is 0 Å². The van der Waals surface area contributed by atoms with Crippen LogP contribution >= 0.6 is 0 Å². The molecular formula is C23H25N5O4. The highest BCUT2D eigenvalue weighted by atomic mass is 16.5. The van der Waals surface area contributed by atoms with Gasteiger partial charge in [-0.05, 0) is 38.0 Å². The Kier molecular flexibility index (Phi) is 5.38. The largest absolute Gasteiger partial charge is 0.488 e. The monoisotopic (exact) mass is 435 g/mol. The Balaban J connectivity index is 1.39. The fraction of sp³-hybridized carbons (Fsp3) is 0.391. The zero-order chi connectivity index (χ0) is 22.1. The van der Waals surface area contributed by atoms with Crippen LogP contribution in [0, 0.1) is 6.92 Å². The maximum absolute atomic E-state index is 13.6. The quantitative estimate of drug-likeness (QED) is 0.610. The molecule has 2 fully saturated rings. The van der Waals surface area contributed by atoms with Crippen molar-refractivity contribution in [2.75, 3.05) is 6.54 Å². The summed E-state index contributed by atoms with van der Waals surface area (Å²) in [6.07, 6.45) is 5.57. The van der Waals surface area contributed by atoms with Crippen LogP contribution in [0.2, 0.25) is 0 Å². The summed E-state index contributed by atoms with van der Waals surface area (Å²) in [5, 5.41) is 11.3. The molecule has 166 valence electrons. The van der Waals surface area contributed by atoms with Gasteiger partial charge in [-0.3, -0.25) is 14.3 Å². The predicted molar refractivity (Wildman–Crippen MR) is 114 cm³/mol. The van der Waals surface area contributed by atoms with Gasteiger partial charge in [0.1, 0.15) is 23.7 Å². The van der Waals surface area contributed by atoms with Crippen LogP contribution in [-0.4, -0.2) is 56.4 Å². The number of benzene rings is 1. The highest BCUT2D eigenvalue weighted by molar-refractivity contribution is 5.97. The van der Waals surface area contributed by atoms with Crippen LogP contribution < -0.4 is 10.1 Å². The molecule has 2 atom stereocenters. The van der Waals surface area contributed by atoms with Gasteiger partial charge in [-0.1, -0.05) is 23.4 Å². The highest BCUT2D eigenvalue weighted by Gasteiger charge is 2.43. The number of aromatic nitrogens is 3. The van der Waals surface area contributed by atoms with Crippen molar-refractivity contribution in [2.45, 2.75) is 50.9 Å². The van der Waals surface area contributed by atoms with E-state index in [9.17, 15) is 9.59 Å². The maximum Gasteiger partial charge on any atom is 0.277 e. The van der Waals surface area contributed by atoms with E-state index in [1.807, 2.05) is 42.6 Å². The average Bonchev–Trinajstić information content (AvgIpc) is 3.16. The molecule has 2 aromatic heterocycles. The first kappa shape index (κ1) is 20.3. The lowest BCUT2D eigenvalue weighted by Gasteiger charge is -2.23. The van der Waals surface area contributed by atoms with Crippen molar-refractivity contribution in [2.24, 2.45) is 0 Å². The lowest BCUT2D eigenvalue weighted by atomic mass is 10.1. The van der Waals surface area contributed by atoms with Crippen molar-refractivity contribution in [3.05, 3.63) is 65.8 Å². The van der Waals surface area contributed by atoms with E-state index < -0.39 is 6.04 Å². The number of nitrogens with one attached hydrogen (secondary N) is 1. The second-order valence-corrected chi connectivity index (χ2v) is 8.31. The van der Waals surface area contributed by atoms with Gasteiger partial charge in [0.25, 0.3) is 5.91 Å². The summed E-state index contributed by atoms with van der Waals surface area (Å²) in [7, 11) is 0. The van der Waals surface area contributed by atoms with Crippen LogP contribution in [0.1, 0.15) is 41.1 Å². The van der Waals surface area contributed by atoms with Crippen LogP contribution in [0.15, 0.2) is 53.3 Å². The molecule has 1 aromatic carbocycles. The number of rotatable bonds is 7. The molecule has 0 bridgehead atoms. The molecule has 0 spiro atoms. The van der Waals surface area contributed by atoms with E-state index in [4.69, 9.17) is 9.26 Å². The van der Waals surface area contributed by atoms with Crippen LogP contribution in [0.4, 0.5) is 0 Å². The summed E-state index contributed by atoms with van der Waals surface area (Å²) in [5.74, 6) is 0.789. The molecule has 2 amide bonds. The number of amides is 2. The van der Waals surface area contributed by atoms with Crippen molar-refractivity contribution >= 4 is 11.8 Å². The van der Waals surface area contributed by atoms with Gasteiger partial charge in [-0.2, -0.15) is 5.10 Å². The Morgan fingerprint density at radius 2 is 2.03 bits per heavy atom. The molecule has 0 radical (unpaired) electrons. The summed E-state index contributed by atoms with van der Waals surface area (Å²) in [6, 6.07) is 10.8. The third kappa shape index (κ3) is 4.23. The molecule has 1 saturated heterocycles. The molecular weight excluding hydrogens is 410 g/mol. The topological polar surface area (TPSA) is 102 Å². The zero-order valence-electron chi connectivity index (χ0n) is 17.8. The first-order valence-electron chi connectivity index (χ1n) is 10.8. The number of carbonyl (C=O) groups is 2. The van der Waals surface area contributed by atoms with Crippen LogP contribution in [0.3, 0.4) is 0 Å². The smallest absolute Gasteiger partial charge is 0.277 e. The molecule has 1 aliphatic carbocycles. The number of likely N-dealkylation sites (tertiary alicyclic amines) is 1. The summed E-state index contributed by atoms with van der Waals surface area (Å²) < 4.78 is 13.1. The number of nitrogens with zero attached hydrogens (tertiary/aromatic N) is 4. The predicted octanol–water partition coefficient (Wildman–Crippen LogP) is 2.17. The lowest BCUT2D eigenvalue weighted by Crippen LogP contribution is -2.46. The molecule has 1 saturated carbocycles. The van der Waals surface area contributed by atoms with Crippen LogP contribution in [0.5, 0.6) is 5.75 Å². The Morgan fingerprint density at radius 1 is 1.22 bits per heavy atom. The van der Waals surface area contributed by atoms with E-state index in [1.54, 1.807) is 22.7 Å². The van der Waals surface area contributed by atoms with Crippen molar-refractivity contribution < 1.29 is 18.8 Å². The first-order valence-corrected chi connectivity index (χ1v) is 10.8. The molecule has 0 unspecified atom stereocenters.